The first kappa shape index (κ1) is 11.9. The molecule has 1 saturated heterocycles. The van der Waals surface area contributed by atoms with Gasteiger partial charge >= 0.3 is 0 Å². The molecule has 19 heavy (non-hydrogen) atoms. The van der Waals surface area contributed by atoms with Crippen LogP contribution in [0.5, 0.6) is 0 Å². The molecule has 4 rings (SSSR count). The lowest BCUT2D eigenvalue weighted by Crippen LogP contribution is -2.66. The highest BCUT2D eigenvalue weighted by Crippen LogP contribution is 2.53. The zero-order valence-electron chi connectivity index (χ0n) is 11.8. The second-order valence-electron chi connectivity index (χ2n) is 6.59. The van der Waals surface area contributed by atoms with Gasteiger partial charge in [-0.15, -0.1) is 0 Å². The first-order valence-electron chi connectivity index (χ1n) is 7.85. The van der Waals surface area contributed by atoms with Crippen LogP contribution in [0.25, 0.3) is 0 Å². The van der Waals surface area contributed by atoms with E-state index in [1.807, 2.05) is 0 Å². The van der Waals surface area contributed by atoms with Crippen LogP contribution in [0.15, 0.2) is 24.3 Å². The summed E-state index contributed by atoms with van der Waals surface area (Å²) in [6, 6.07) is 10.6. The highest BCUT2D eigenvalue weighted by Gasteiger charge is 2.55. The van der Waals surface area contributed by atoms with Crippen molar-refractivity contribution < 1.29 is 0 Å². The van der Waals surface area contributed by atoms with Gasteiger partial charge in [-0.2, -0.15) is 0 Å². The van der Waals surface area contributed by atoms with Crippen LogP contribution in [-0.4, -0.2) is 25.7 Å². The summed E-state index contributed by atoms with van der Waals surface area (Å²) in [5.74, 6) is 0.836. The Kier molecular flexibility index (Phi) is 2.71. The molecule has 2 bridgehead atoms. The van der Waals surface area contributed by atoms with Gasteiger partial charge in [-0.25, -0.2) is 0 Å². The van der Waals surface area contributed by atoms with Gasteiger partial charge in [-0.3, -0.25) is 0 Å². The Labute approximate surface area is 116 Å². The molecule has 4 atom stereocenters. The molecule has 2 fully saturated rings. The minimum absolute atomic E-state index is 0.401. The third-order valence-electron chi connectivity index (χ3n) is 6.03. The Morgan fingerprint density at radius 2 is 2.16 bits per heavy atom. The summed E-state index contributed by atoms with van der Waals surface area (Å²) in [6.45, 7) is 1.19. The second kappa shape index (κ2) is 4.32. The van der Waals surface area contributed by atoms with Crippen molar-refractivity contribution in [3.63, 3.8) is 0 Å². The van der Waals surface area contributed by atoms with Crippen LogP contribution in [0.1, 0.15) is 36.8 Å². The summed E-state index contributed by atoms with van der Waals surface area (Å²) in [5.41, 5.74) is 3.66. The molecule has 1 saturated carbocycles. The predicted octanol–water partition coefficient (Wildman–Crippen LogP) is 2.23. The van der Waals surface area contributed by atoms with Crippen molar-refractivity contribution in [2.45, 2.75) is 49.6 Å². The smallest absolute Gasteiger partial charge is 0.0165 e. The fraction of sp³-hybridized carbons (Fsp3) is 0.647. The maximum atomic E-state index is 3.80. The van der Waals surface area contributed by atoms with Crippen LogP contribution < -0.4 is 10.6 Å². The van der Waals surface area contributed by atoms with Crippen molar-refractivity contribution in [2.24, 2.45) is 5.92 Å². The number of piperidine rings is 1. The van der Waals surface area contributed by atoms with Gasteiger partial charge in [0.25, 0.3) is 0 Å². The molecular weight excluding hydrogens is 232 g/mol. The molecule has 2 aliphatic carbocycles. The van der Waals surface area contributed by atoms with Crippen molar-refractivity contribution in [1.29, 1.82) is 0 Å². The van der Waals surface area contributed by atoms with Crippen LogP contribution in [-0.2, 0) is 11.8 Å². The molecule has 0 spiro atoms. The van der Waals surface area contributed by atoms with Crippen molar-refractivity contribution in [1.82, 2.24) is 10.6 Å². The summed E-state index contributed by atoms with van der Waals surface area (Å²) in [5, 5.41) is 7.46. The fourth-order valence-corrected chi connectivity index (χ4v) is 5.37. The maximum absolute atomic E-state index is 3.80. The molecular formula is C17H24N2. The molecule has 0 amide bonds. The van der Waals surface area contributed by atoms with E-state index < -0.39 is 0 Å². The molecule has 1 aromatic carbocycles. The van der Waals surface area contributed by atoms with Gasteiger partial charge in [0.1, 0.15) is 0 Å². The monoisotopic (exact) mass is 256 g/mol. The largest absolute Gasteiger partial charge is 0.316 e. The summed E-state index contributed by atoms with van der Waals surface area (Å²) in [6.07, 6.45) is 6.67. The lowest BCUT2D eigenvalue weighted by Gasteiger charge is -2.59. The number of rotatable bonds is 1. The average Bonchev–Trinajstić information content (AvgIpc) is 2.46. The number of hydrogen-bond acceptors (Lipinski definition) is 2. The van der Waals surface area contributed by atoms with E-state index in [1.54, 1.807) is 11.1 Å². The van der Waals surface area contributed by atoms with Gasteiger partial charge in [-0.05, 0) is 56.3 Å². The van der Waals surface area contributed by atoms with Crippen molar-refractivity contribution in [2.75, 3.05) is 13.6 Å². The Balaban J connectivity index is 1.92. The van der Waals surface area contributed by atoms with Crippen molar-refractivity contribution in [3.8, 4) is 0 Å². The average molecular weight is 256 g/mol. The van der Waals surface area contributed by atoms with Gasteiger partial charge in [0, 0.05) is 17.5 Å². The van der Waals surface area contributed by atoms with E-state index in [9.17, 15) is 0 Å². The Morgan fingerprint density at radius 3 is 3.05 bits per heavy atom. The van der Waals surface area contributed by atoms with E-state index in [2.05, 4.69) is 41.9 Å². The van der Waals surface area contributed by atoms with E-state index >= 15 is 0 Å². The van der Waals surface area contributed by atoms with Crippen LogP contribution in [0, 0.1) is 5.92 Å². The van der Waals surface area contributed by atoms with E-state index in [-0.39, 0.29) is 0 Å². The van der Waals surface area contributed by atoms with Crippen LogP contribution in [0.3, 0.4) is 0 Å². The van der Waals surface area contributed by atoms with Crippen LogP contribution in [0.4, 0.5) is 0 Å². The molecule has 2 nitrogen and oxygen atoms in total. The van der Waals surface area contributed by atoms with E-state index in [0.717, 1.165) is 5.92 Å². The van der Waals surface area contributed by atoms with Crippen LogP contribution >= 0.6 is 0 Å². The van der Waals surface area contributed by atoms with Gasteiger partial charge in [0.15, 0.2) is 0 Å². The first-order valence-corrected chi connectivity index (χ1v) is 7.85. The molecule has 0 radical (unpaired) electrons. The minimum Gasteiger partial charge on any atom is -0.316 e. The quantitative estimate of drug-likeness (QED) is 0.805. The highest BCUT2D eigenvalue weighted by molar-refractivity contribution is 5.42. The molecule has 3 aliphatic rings. The number of hydrogen-bond donors (Lipinski definition) is 2. The van der Waals surface area contributed by atoms with Gasteiger partial charge in [0.2, 0.25) is 0 Å². The number of nitrogens with one attached hydrogen (secondary N) is 2. The summed E-state index contributed by atoms with van der Waals surface area (Å²) < 4.78 is 0. The predicted molar refractivity (Wildman–Crippen MR) is 78.4 cm³/mol. The van der Waals surface area contributed by atoms with E-state index in [1.165, 1.54) is 38.6 Å². The summed E-state index contributed by atoms with van der Waals surface area (Å²) >= 11 is 0. The molecule has 102 valence electrons. The topological polar surface area (TPSA) is 24.1 Å². The summed E-state index contributed by atoms with van der Waals surface area (Å²) in [4.78, 5) is 0. The van der Waals surface area contributed by atoms with Crippen molar-refractivity contribution >= 4 is 0 Å². The molecule has 1 unspecified atom stereocenters. The van der Waals surface area contributed by atoms with Gasteiger partial charge < -0.3 is 10.6 Å². The van der Waals surface area contributed by atoms with Gasteiger partial charge in [-0.1, -0.05) is 30.7 Å². The molecule has 0 aromatic heterocycles. The SMILES string of the molecule is CNC1CCC[C@H]2[C@H]3Cc4ccccc4[C@@]12CCN3. The normalized spacial score (nSPS) is 40.4. The number of likely N-dealkylation sites (N-methyl/N-ethyl adjacent to an activating group) is 1. The molecule has 1 aliphatic heterocycles. The second-order valence-corrected chi connectivity index (χ2v) is 6.59. The Bertz CT molecular complexity index is 484. The minimum atomic E-state index is 0.401. The molecule has 2 N–H and O–H groups in total. The molecule has 2 heteroatoms. The van der Waals surface area contributed by atoms with E-state index in [4.69, 9.17) is 0 Å². The zero-order valence-corrected chi connectivity index (χ0v) is 11.8. The standard InChI is InChI=1S/C17H24N2/c1-18-16-8-4-7-14-15-11-12-5-2-3-6-13(12)17(14,16)9-10-19-15/h2-3,5-6,14-16,18-19H,4,7-11H2,1H3/t14-,15+,16?,17+/m0/s1. The lowest BCUT2D eigenvalue weighted by molar-refractivity contribution is 0.0497. The first-order chi connectivity index (χ1) is 9.36. The van der Waals surface area contributed by atoms with Crippen molar-refractivity contribution in [3.05, 3.63) is 35.4 Å². The highest BCUT2D eigenvalue weighted by atomic mass is 15.0. The zero-order chi connectivity index (χ0) is 12.9. The maximum Gasteiger partial charge on any atom is 0.0165 e. The third kappa shape index (κ3) is 1.50. The lowest BCUT2D eigenvalue weighted by atomic mass is 9.51. The number of fused-ring (bicyclic) bond motifs is 1. The molecule has 1 aromatic rings. The fourth-order valence-electron chi connectivity index (χ4n) is 5.37. The third-order valence-corrected chi connectivity index (χ3v) is 6.03. The van der Waals surface area contributed by atoms with Gasteiger partial charge in [0.05, 0.1) is 0 Å². The number of benzene rings is 1. The molecule has 1 heterocycles. The summed E-state index contributed by atoms with van der Waals surface area (Å²) in [7, 11) is 2.16. The van der Waals surface area contributed by atoms with E-state index in [0.29, 0.717) is 17.5 Å². The Morgan fingerprint density at radius 1 is 1.26 bits per heavy atom. The van der Waals surface area contributed by atoms with Crippen LogP contribution in [0.2, 0.25) is 0 Å². The Hall–Kier alpha value is -0.860.